The zero-order valence-corrected chi connectivity index (χ0v) is 21.0. The van der Waals surface area contributed by atoms with Gasteiger partial charge in [-0.1, -0.05) is 30.3 Å². The number of para-hydroxylation sites is 2. The molecule has 0 fully saturated rings. The lowest BCUT2D eigenvalue weighted by molar-refractivity contribution is 0.214. The van der Waals surface area contributed by atoms with Crippen molar-refractivity contribution in [3.05, 3.63) is 92.7 Å². The molecule has 9 nitrogen and oxygen atoms in total. The molecule has 10 heteroatoms. The summed E-state index contributed by atoms with van der Waals surface area (Å²) >= 11 is 0. The van der Waals surface area contributed by atoms with E-state index in [0.29, 0.717) is 22.4 Å². The van der Waals surface area contributed by atoms with E-state index in [1.165, 1.54) is 10.9 Å². The van der Waals surface area contributed by atoms with Gasteiger partial charge < -0.3 is 18.8 Å². The van der Waals surface area contributed by atoms with Gasteiger partial charge in [-0.3, -0.25) is 18.8 Å². The third-order valence-corrected chi connectivity index (χ3v) is 8.05. The first-order valence-electron chi connectivity index (χ1n) is 11.3. The first kappa shape index (κ1) is 24.7. The van der Waals surface area contributed by atoms with Crippen LogP contribution in [0.5, 0.6) is 0 Å². The molecule has 2 aromatic carbocycles. The van der Waals surface area contributed by atoms with Crippen LogP contribution in [0, 0.1) is 6.92 Å². The molecule has 0 spiro atoms. The number of anilines is 1. The molecule has 0 amide bonds. The SMILES string of the molecule is CCOP(=O)(OCC)C(Nc1c(C)n(C)n(-c2ccccc2)c1=O)c1coc2ccccc2c1=O. The largest absolute Gasteiger partial charge is 0.464 e. The van der Waals surface area contributed by atoms with Gasteiger partial charge in [0.1, 0.15) is 17.5 Å². The second kappa shape index (κ2) is 10.1. The van der Waals surface area contributed by atoms with E-state index < -0.39 is 13.4 Å². The average molecular weight is 497 g/mol. The fraction of sp³-hybridized carbons (Fsp3) is 0.280. The Balaban J connectivity index is 1.92. The fourth-order valence-corrected chi connectivity index (χ4v) is 5.92. The van der Waals surface area contributed by atoms with Crippen molar-refractivity contribution in [1.29, 1.82) is 0 Å². The number of rotatable bonds is 9. The summed E-state index contributed by atoms with van der Waals surface area (Å²) in [6.07, 6.45) is 1.25. The first-order valence-corrected chi connectivity index (χ1v) is 12.9. The van der Waals surface area contributed by atoms with E-state index in [2.05, 4.69) is 5.32 Å². The van der Waals surface area contributed by atoms with Crippen LogP contribution in [0.25, 0.3) is 16.7 Å². The van der Waals surface area contributed by atoms with Crippen LogP contribution in [0.15, 0.2) is 74.9 Å². The topological polar surface area (TPSA) is 105 Å². The van der Waals surface area contributed by atoms with Crippen molar-refractivity contribution < 1.29 is 18.0 Å². The number of aromatic nitrogens is 2. The average Bonchev–Trinajstić information content (AvgIpc) is 3.06. The highest BCUT2D eigenvalue weighted by Gasteiger charge is 2.40. The van der Waals surface area contributed by atoms with Crippen molar-refractivity contribution in [2.24, 2.45) is 7.05 Å². The molecule has 2 heterocycles. The highest BCUT2D eigenvalue weighted by molar-refractivity contribution is 7.54. The van der Waals surface area contributed by atoms with Crippen molar-refractivity contribution in [1.82, 2.24) is 9.36 Å². The number of hydrogen-bond donors (Lipinski definition) is 1. The summed E-state index contributed by atoms with van der Waals surface area (Å²) in [5, 5.41) is 3.37. The lowest BCUT2D eigenvalue weighted by atomic mass is 10.1. The predicted molar refractivity (Wildman–Crippen MR) is 135 cm³/mol. The van der Waals surface area contributed by atoms with Crippen LogP contribution in [0.3, 0.4) is 0 Å². The molecule has 2 aromatic heterocycles. The van der Waals surface area contributed by atoms with Gasteiger partial charge in [0.25, 0.3) is 5.56 Å². The van der Waals surface area contributed by atoms with E-state index in [1.54, 1.807) is 56.8 Å². The number of benzene rings is 2. The number of hydrogen-bond acceptors (Lipinski definition) is 7. The minimum absolute atomic E-state index is 0.0443. The Labute approximate surface area is 202 Å². The summed E-state index contributed by atoms with van der Waals surface area (Å²) < 4.78 is 34.1. The van der Waals surface area contributed by atoms with Gasteiger partial charge in [-0.25, -0.2) is 4.68 Å². The molecule has 4 rings (SSSR count). The maximum atomic E-state index is 14.0. The van der Waals surface area contributed by atoms with Crippen LogP contribution in [-0.4, -0.2) is 22.6 Å². The van der Waals surface area contributed by atoms with Crippen molar-refractivity contribution >= 4 is 24.3 Å². The van der Waals surface area contributed by atoms with E-state index in [9.17, 15) is 14.2 Å². The summed E-state index contributed by atoms with van der Waals surface area (Å²) in [6, 6.07) is 15.9. The zero-order chi connectivity index (χ0) is 25.2. The van der Waals surface area contributed by atoms with E-state index in [1.807, 2.05) is 30.3 Å². The van der Waals surface area contributed by atoms with Crippen LogP contribution < -0.4 is 16.3 Å². The summed E-state index contributed by atoms with van der Waals surface area (Å²) in [5.41, 5.74) is 1.09. The number of nitrogens with zero attached hydrogens (tertiary/aromatic N) is 2. The van der Waals surface area contributed by atoms with Gasteiger partial charge in [0.05, 0.1) is 35.5 Å². The second-order valence-corrected chi connectivity index (χ2v) is 9.99. The fourth-order valence-electron chi connectivity index (χ4n) is 4.03. The molecule has 1 atom stereocenters. The molecular weight excluding hydrogens is 469 g/mol. The van der Waals surface area contributed by atoms with Gasteiger partial charge in [0.15, 0.2) is 11.2 Å². The molecule has 0 aliphatic rings. The Morgan fingerprint density at radius 3 is 2.29 bits per heavy atom. The first-order chi connectivity index (χ1) is 16.8. The van der Waals surface area contributed by atoms with Gasteiger partial charge in [0.2, 0.25) is 0 Å². The van der Waals surface area contributed by atoms with E-state index in [0.717, 1.165) is 0 Å². The maximum Gasteiger partial charge on any atom is 0.357 e. The minimum Gasteiger partial charge on any atom is -0.464 e. The van der Waals surface area contributed by atoms with Crippen LogP contribution >= 0.6 is 7.60 Å². The van der Waals surface area contributed by atoms with Crippen LogP contribution in [0.2, 0.25) is 0 Å². The molecule has 1 unspecified atom stereocenters. The third-order valence-electron chi connectivity index (χ3n) is 5.77. The standard InChI is InChI=1S/C25H28N3O6P/c1-5-33-35(31,34-6-2)24(20-16-32-21-15-11-10-14-19(21)23(20)29)26-22-17(3)27(4)28(25(22)30)18-12-8-7-9-13-18/h7-16,24,26H,5-6H2,1-4H3. The molecule has 184 valence electrons. The Hall–Kier alpha value is -3.39. The molecule has 35 heavy (non-hydrogen) atoms. The predicted octanol–water partition coefficient (Wildman–Crippen LogP) is 4.97. The Bertz CT molecular complexity index is 1500. The highest BCUT2D eigenvalue weighted by atomic mass is 31.2. The van der Waals surface area contributed by atoms with Crippen molar-refractivity contribution in [3.8, 4) is 5.69 Å². The molecule has 0 bridgehead atoms. The van der Waals surface area contributed by atoms with Gasteiger partial charge in [-0.05, 0) is 45.0 Å². The normalized spacial score (nSPS) is 12.7. The van der Waals surface area contributed by atoms with Gasteiger partial charge >= 0.3 is 7.60 Å². The summed E-state index contributed by atoms with van der Waals surface area (Å²) in [6.45, 7) is 5.28. The minimum atomic E-state index is -3.97. The Morgan fingerprint density at radius 2 is 1.63 bits per heavy atom. The lowest BCUT2D eigenvalue weighted by Crippen LogP contribution is -2.26. The number of fused-ring (bicyclic) bond motifs is 1. The van der Waals surface area contributed by atoms with Crippen molar-refractivity contribution in [2.75, 3.05) is 18.5 Å². The van der Waals surface area contributed by atoms with E-state index >= 15 is 0 Å². The molecule has 0 aliphatic heterocycles. The van der Waals surface area contributed by atoms with Crippen LogP contribution in [-0.2, 0) is 20.7 Å². The maximum absolute atomic E-state index is 14.0. The second-order valence-electron chi connectivity index (χ2n) is 7.88. The van der Waals surface area contributed by atoms with E-state index in [4.69, 9.17) is 13.5 Å². The highest BCUT2D eigenvalue weighted by Crippen LogP contribution is 2.60. The molecule has 0 saturated heterocycles. The van der Waals surface area contributed by atoms with Gasteiger partial charge in [-0.2, -0.15) is 0 Å². The van der Waals surface area contributed by atoms with Gasteiger partial charge in [-0.15, -0.1) is 0 Å². The molecule has 0 radical (unpaired) electrons. The molecule has 0 saturated carbocycles. The van der Waals surface area contributed by atoms with Crippen LogP contribution in [0.4, 0.5) is 5.69 Å². The molecule has 4 aromatic rings. The molecule has 0 aliphatic carbocycles. The van der Waals surface area contributed by atoms with Crippen molar-refractivity contribution in [3.63, 3.8) is 0 Å². The van der Waals surface area contributed by atoms with Crippen molar-refractivity contribution in [2.45, 2.75) is 26.6 Å². The number of nitrogens with one attached hydrogen (secondary N) is 1. The zero-order valence-electron chi connectivity index (χ0n) is 20.1. The van der Waals surface area contributed by atoms with E-state index in [-0.39, 0.29) is 35.5 Å². The smallest absolute Gasteiger partial charge is 0.357 e. The van der Waals surface area contributed by atoms with Crippen LogP contribution in [0.1, 0.15) is 30.9 Å². The monoisotopic (exact) mass is 497 g/mol. The lowest BCUT2D eigenvalue weighted by Gasteiger charge is -2.27. The van der Waals surface area contributed by atoms with Gasteiger partial charge in [0, 0.05) is 7.05 Å². The Kier molecular flexibility index (Phi) is 7.12. The Morgan fingerprint density at radius 1 is 1.00 bits per heavy atom. The summed E-state index contributed by atoms with van der Waals surface area (Å²) in [4.78, 5) is 27.0. The third kappa shape index (κ3) is 4.50. The molecular formula is C25H28N3O6P. The quantitative estimate of drug-likeness (QED) is 0.326. The summed E-state index contributed by atoms with van der Waals surface area (Å²) in [7, 11) is -2.22. The summed E-state index contributed by atoms with van der Waals surface area (Å²) in [5.74, 6) is -1.28. The molecule has 1 N–H and O–H groups in total.